The van der Waals surface area contributed by atoms with Crippen LogP contribution >= 0.6 is 39.7 Å². The number of hydrazone groups is 1. The summed E-state index contributed by atoms with van der Waals surface area (Å²) in [6, 6.07) is 5.46. The highest BCUT2D eigenvalue weighted by Gasteiger charge is 1.97. The smallest absolute Gasteiger partial charge is 0.184 e. The molecule has 0 atom stereocenters. The summed E-state index contributed by atoms with van der Waals surface area (Å²) >= 11 is 13.8. The van der Waals surface area contributed by atoms with Crippen LogP contribution in [0.4, 0.5) is 0 Å². The topological polar surface area (TPSA) is 50.4 Å². The Labute approximate surface area is 100 Å². The quantitative estimate of drug-likeness (QED) is 0.499. The van der Waals surface area contributed by atoms with Crippen molar-refractivity contribution >= 4 is 51.1 Å². The molecule has 0 heterocycles. The molecule has 1 aromatic rings. The molecule has 0 unspecified atom stereocenters. The highest BCUT2D eigenvalue weighted by atomic mass is 79.9. The van der Waals surface area contributed by atoms with Gasteiger partial charge in [-0.2, -0.15) is 5.10 Å². The first-order valence-electron chi connectivity index (χ1n) is 3.63. The molecule has 3 N–H and O–H groups in total. The lowest BCUT2D eigenvalue weighted by Crippen LogP contribution is -2.24. The van der Waals surface area contributed by atoms with Crippen molar-refractivity contribution in [1.29, 1.82) is 0 Å². The molecule has 74 valence electrons. The Bertz CT molecular complexity index is 381. The van der Waals surface area contributed by atoms with E-state index in [2.05, 4.69) is 38.7 Å². The minimum Gasteiger partial charge on any atom is -0.375 e. The van der Waals surface area contributed by atoms with Crippen LogP contribution in [0.15, 0.2) is 27.8 Å². The second-order valence-corrected chi connectivity index (χ2v) is 4.16. The van der Waals surface area contributed by atoms with Gasteiger partial charge in [0.05, 0.1) is 6.21 Å². The Hall–Kier alpha value is -0.650. The molecule has 0 aliphatic heterocycles. The minimum atomic E-state index is 0.118. The van der Waals surface area contributed by atoms with Crippen LogP contribution < -0.4 is 11.2 Å². The first-order valence-corrected chi connectivity index (χ1v) is 5.21. The monoisotopic (exact) mass is 291 g/mol. The zero-order valence-electron chi connectivity index (χ0n) is 7.00. The number of hydrogen-bond acceptors (Lipinski definition) is 2. The molecule has 1 aromatic carbocycles. The van der Waals surface area contributed by atoms with Crippen LogP contribution in [0.3, 0.4) is 0 Å². The standard InChI is InChI=1S/C8H7BrClN3S/c9-6-1-2-7(10)5(3-6)4-12-13-8(11)14/h1-4H,(H3,11,13,14). The number of halogens is 2. The van der Waals surface area contributed by atoms with Gasteiger partial charge in [0.25, 0.3) is 0 Å². The van der Waals surface area contributed by atoms with Gasteiger partial charge in [-0.1, -0.05) is 27.5 Å². The fraction of sp³-hybridized carbons (Fsp3) is 0. The maximum Gasteiger partial charge on any atom is 0.184 e. The van der Waals surface area contributed by atoms with Gasteiger partial charge >= 0.3 is 0 Å². The van der Waals surface area contributed by atoms with Crippen molar-refractivity contribution in [2.45, 2.75) is 0 Å². The SMILES string of the molecule is NC(=S)NN=Cc1cc(Br)ccc1Cl. The summed E-state index contributed by atoms with van der Waals surface area (Å²) in [7, 11) is 0. The molecular weight excluding hydrogens is 286 g/mol. The van der Waals surface area contributed by atoms with Crippen molar-refractivity contribution in [2.24, 2.45) is 10.8 Å². The van der Waals surface area contributed by atoms with E-state index in [0.717, 1.165) is 10.0 Å². The molecule has 0 amide bonds. The lowest BCUT2D eigenvalue weighted by Gasteiger charge is -1.98. The van der Waals surface area contributed by atoms with Gasteiger partial charge in [0.2, 0.25) is 0 Å². The van der Waals surface area contributed by atoms with Crippen LogP contribution in [0.2, 0.25) is 5.02 Å². The lowest BCUT2D eigenvalue weighted by atomic mass is 10.2. The van der Waals surface area contributed by atoms with E-state index in [9.17, 15) is 0 Å². The Kier molecular flexibility index (Phi) is 4.31. The predicted octanol–water partition coefficient (Wildman–Crippen LogP) is 2.27. The zero-order chi connectivity index (χ0) is 10.6. The number of nitrogens with two attached hydrogens (primary N) is 1. The molecule has 0 saturated heterocycles. The van der Waals surface area contributed by atoms with Crippen molar-refractivity contribution in [3.05, 3.63) is 33.3 Å². The number of nitrogens with zero attached hydrogens (tertiary/aromatic N) is 1. The summed E-state index contributed by atoms with van der Waals surface area (Å²) in [5.74, 6) is 0. The van der Waals surface area contributed by atoms with Gasteiger partial charge in [-0.05, 0) is 30.4 Å². The van der Waals surface area contributed by atoms with Crippen molar-refractivity contribution in [3.8, 4) is 0 Å². The van der Waals surface area contributed by atoms with Crippen LogP contribution in [-0.2, 0) is 0 Å². The third kappa shape index (κ3) is 3.61. The van der Waals surface area contributed by atoms with Crippen LogP contribution in [-0.4, -0.2) is 11.3 Å². The van der Waals surface area contributed by atoms with Gasteiger partial charge < -0.3 is 5.73 Å². The van der Waals surface area contributed by atoms with E-state index < -0.39 is 0 Å². The van der Waals surface area contributed by atoms with Gasteiger partial charge in [0.15, 0.2) is 5.11 Å². The van der Waals surface area contributed by atoms with Gasteiger partial charge in [0.1, 0.15) is 0 Å². The zero-order valence-corrected chi connectivity index (χ0v) is 10.2. The summed E-state index contributed by atoms with van der Waals surface area (Å²) in [6.07, 6.45) is 1.55. The molecule has 0 bridgehead atoms. The number of rotatable bonds is 2. The number of nitrogens with one attached hydrogen (secondary N) is 1. The molecule has 0 aliphatic carbocycles. The van der Waals surface area contributed by atoms with Crippen molar-refractivity contribution in [3.63, 3.8) is 0 Å². The van der Waals surface area contributed by atoms with Crippen LogP contribution in [0.1, 0.15) is 5.56 Å². The van der Waals surface area contributed by atoms with Gasteiger partial charge in [-0.3, -0.25) is 5.43 Å². The van der Waals surface area contributed by atoms with E-state index in [-0.39, 0.29) is 5.11 Å². The minimum absolute atomic E-state index is 0.118. The van der Waals surface area contributed by atoms with Gasteiger partial charge in [0, 0.05) is 15.1 Å². The average molecular weight is 293 g/mol. The predicted molar refractivity (Wildman–Crippen MR) is 66.7 cm³/mol. The molecular formula is C8H7BrClN3S. The third-order valence-electron chi connectivity index (χ3n) is 1.34. The molecule has 0 aromatic heterocycles. The van der Waals surface area contributed by atoms with Crippen molar-refractivity contribution < 1.29 is 0 Å². The molecule has 0 spiro atoms. The lowest BCUT2D eigenvalue weighted by molar-refractivity contribution is 1.04. The molecule has 0 fully saturated rings. The summed E-state index contributed by atoms with van der Waals surface area (Å²) < 4.78 is 0.929. The van der Waals surface area contributed by atoms with Crippen molar-refractivity contribution in [2.75, 3.05) is 0 Å². The summed E-state index contributed by atoms with van der Waals surface area (Å²) in [5, 5.41) is 4.53. The van der Waals surface area contributed by atoms with E-state index in [1.54, 1.807) is 12.3 Å². The van der Waals surface area contributed by atoms with Crippen LogP contribution in [0.25, 0.3) is 0 Å². The van der Waals surface area contributed by atoms with E-state index in [1.165, 1.54) is 0 Å². The molecule has 0 saturated carbocycles. The Morgan fingerprint density at radius 2 is 2.36 bits per heavy atom. The number of thiocarbonyl (C=S) groups is 1. The van der Waals surface area contributed by atoms with E-state index in [4.69, 9.17) is 17.3 Å². The first kappa shape index (κ1) is 11.4. The normalized spacial score (nSPS) is 10.4. The summed E-state index contributed by atoms with van der Waals surface area (Å²) in [5.41, 5.74) is 8.42. The third-order valence-corrected chi connectivity index (χ3v) is 2.27. The maximum absolute atomic E-state index is 5.91. The fourth-order valence-electron chi connectivity index (χ4n) is 0.779. The second kappa shape index (κ2) is 5.29. The molecule has 14 heavy (non-hydrogen) atoms. The Morgan fingerprint density at radius 1 is 1.64 bits per heavy atom. The van der Waals surface area contributed by atoms with Crippen LogP contribution in [0, 0.1) is 0 Å². The first-order chi connectivity index (χ1) is 6.59. The van der Waals surface area contributed by atoms with Crippen LogP contribution in [0.5, 0.6) is 0 Å². The average Bonchev–Trinajstić information content (AvgIpc) is 2.10. The van der Waals surface area contributed by atoms with Gasteiger partial charge in [-0.15, -0.1) is 0 Å². The molecule has 0 radical (unpaired) electrons. The number of hydrogen-bond donors (Lipinski definition) is 2. The maximum atomic E-state index is 5.91. The highest BCUT2D eigenvalue weighted by molar-refractivity contribution is 9.10. The van der Waals surface area contributed by atoms with E-state index in [1.807, 2.05) is 12.1 Å². The highest BCUT2D eigenvalue weighted by Crippen LogP contribution is 2.19. The second-order valence-electron chi connectivity index (χ2n) is 2.40. The fourth-order valence-corrected chi connectivity index (χ4v) is 1.38. The molecule has 0 aliphatic rings. The molecule has 6 heteroatoms. The Balaban J connectivity index is 2.80. The van der Waals surface area contributed by atoms with E-state index >= 15 is 0 Å². The molecule has 3 nitrogen and oxygen atoms in total. The van der Waals surface area contributed by atoms with E-state index in [0.29, 0.717) is 5.02 Å². The van der Waals surface area contributed by atoms with Gasteiger partial charge in [-0.25, -0.2) is 0 Å². The molecule has 1 rings (SSSR count). The largest absolute Gasteiger partial charge is 0.375 e. The summed E-state index contributed by atoms with van der Waals surface area (Å²) in [4.78, 5) is 0. The van der Waals surface area contributed by atoms with Crippen molar-refractivity contribution in [1.82, 2.24) is 5.43 Å². The summed E-state index contributed by atoms with van der Waals surface area (Å²) in [6.45, 7) is 0. The Morgan fingerprint density at radius 3 is 3.00 bits per heavy atom. The number of benzene rings is 1.